The van der Waals surface area contributed by atoms with Gasteiger partial charge in [0.05, 0.1) is 17.9 Å². The molecular weight excluding hydrogens is 250 g/mol. The molecule has 0 atom stereocenters. The highest BCUT2D eigenvalue weighted by Gasteiger charge is 2.14. The van der Waals surface area contributed by atoms with Crippen LogP contribution < -0.4 is 10.2 Å². The summed E-state index contributed by atoms with van der Waals surface area (Å²) in [6.45, 7) is 3.02. The van der Waals surface area contributed by atoms with Crippen LogP contribution in [0, 0.1) is 0 Å². The summed E-state index contributed by atoms with van der Waals surface area (Å²) in [5.74, 6) is 0. The van der Waals surface area contributed by atoms with Crippen molar-refractivity contribution in [1.82, 2.24) is 15.0 Å². The fourth-order valence-electron chi connectivity index (χ4n) is 2.70. The lowest BCUT2D eigenvalue weighted by Gasteiger charge is -2.30. The number of rotatable bonds is 4. The van der Waals surface area contributed by atoms with Gasteiger partial charge in [0.1, 0.15) is 5.69 Å². The maximum Gasteiger partial charge on any atom is 0.102 e. The van der Waals surface area contributed by atoms with Crippen molar-refractivity contribution in [2.45, 2.75) is 25.8 Å². The van der Waals surface area contributed by atoms with Crippen molar-refractivity contribution >= 4 is 11.4 Å². The lowest BCUT2D eigenvalue weighted by Crippen LogP contribution is -2.30. The molecule has 0 unspecified atom stereocenters. The van der Waals surface area contributed by atoms with Gasteiger partial charge in [-0.05, 0) is 31.4 Å². The lowest BCUT2D eigenvalue weighted by atomic mass is 10.1. The van der Waals surface area contributed by atoms with Crippen molar-refractivity contribution in [3.63, 3.8) is 0 Å². The average molecular weight is 271 g/mol. The zero-order valence-corrected chi connectivity index (χ0v) is 11.9. The highest BCUT2D eigenvalue weighted by molar-refractivity contribution is 5.70. The Morgan fingerprint density at radius 3 is 2.70 bits per heavy atom. The summed E-state index contributed by atoms with van der Waals surface area (Å²) in [6.07, 6.45) is 5.87. The van der Waals surface area contributed by atoms with Crippen LogP contribution in [-0.2, 0) is 13.6 Å². The molecule has 0 radical (unpaired) electrons. The molecule has 106 valence electrons. The monoisotopic (exact) mass is 271 g/mol. The highest BCUT2D eigenvalue weighted by atomic mass is 15.4. The Bertz CT molecular complexity index is 557. The van der Waals surface area contributed by atoms with Crippen LogP contribution in [0.1, 0.15) is 25.0 Å². The minimum atomic E-state index is 0.707. The molecule has 1 aliphatic rings. The number of aryl methyl sites for hydroxylation is 1. The van der Waals surface area contributed by atoms with Crippen LogP contribution in [0.25, 0.3) is 0 Å². The van der Waals surface area contributed by atoms with Gasteiger partial charge < -0.3 is 10.2 Å². The minimum absolute atomic E-state index is 0.707. The number of piperidine rings is 1. The maximum absolute atomic E-state index is 4.11. The van der Waals surface area contributed by atoms with E-state index in [1.165, 1.54) is 30.6 Å². The van der Waals surface area contributed by atoms with Crippen LogP contribution >= 0.6 is 0 Å². The molecule has 1 aromatic carbocycles. The second-order valence-electron chi connectivity index (χ2n) is 5.30. The van der Waals surface area contributed by atoms with Crippen LogP contribution in [0.5, 0.6) is 0 Å². The third kappa shape index (κ3) is 2.92. The van der Waals surface area contributed by atoms with Crippen molar-refractivity contribution < 1.29 is 0 Å². The van der Waals surface area contributed by atoms with Crippen molar-refractivity contribution in [3.8, 4) is 0 Å². The number of nitrogens with one attached hydrogen (secondary N) is 1. The molecule has 5 nitrogen and oxygen atoms in total. The van der Waals surface area contributed by atoms with Crippen LogP contribution in [-0.4, -0.2) is 28.1 Å². The Kier molecular flexibility index (Phi) is 3.85. The van der Waals surface area contributed by atoms with E-state index >= 15 is 0 Å². The van der Waals surface area contributed by atoms with Crippen LogP contribution in [0.2, 0.25) is 0 Å². The standard InChI is InChI=1S/C15H21N5/c1-19-12-13(17-18-19)11-16-14-7-3-4-8-15(14)20-9-5-2-6-10-20/h3-4,7-8,12,16H,2,5-6,9-11H2,1H3. The predicted molar refractivity (Wildman–Crippen MR) is 80.8 cm³/mol. The van der Waals surface area contributed by atoms with Gasteiger partial charge in [0.2, 0.25) is 0 Å². The van der Waals surface area contributed by atoms with Crippen LogP contribution in [0.3, 0.4) is 0 Å². The van der Waals surface area contributed by atoms with Crippen LogP contribution in [0.15, 0.2) is 30.5 Å². The number of nitrogens with zero attached hydrogens (tertiary/aromatic N) is 4. The summed E-state index contributed by atoms with van der Waals surface area (Å²) < 4.78 is 1.73. The zero-order valence-electron chi connectivity index (χ0n) is 11.9. The Hall–Kier alpha value is -2.04. The third-order valence-corrected chi connectivity index (χ3v) is 3.71. The molecule has 1 N–H and O–H groups in total. The maximum atomic E-state index is 4.11. The van der Waals surface area contributed by atoms with Crippen LogP contribution in [0.4, 0.5) is 11.4 Å². The normalized spacial score (nSPS) is 15.3. The van der Waals surface area contributed by atoms with E-state index in [0.29, 0.717) is 6.54 Å². The summed E-state index contributed by atoms with van der Waals surface area (Å²) in [5, 5.41) is 11.5. The third-order valence-electron chi connectivity index (χ3n) is 3.71. The van der Waals surface area contributed by atoms with Gasteiger partial charge in [-0.15, -0.1) is 5.10 Å². The fourth-order valence-corrected chi connectivity index (χ4v) is 2.70. The van der Waals surface area contributed by atoms with Gasteiger partial charge in [0, 0.05) is 26.3 Å². The molecule has 0 aliphatic carbocycles. The smallest absolute Gasteiger partial charge is 0.102 e. The van der Waals surface area contributed by atoms with Crippen molar-refractivity contribution in [2.75, 3.05) is 23.3 Å². The van der Waals surface area contributed by atoms with E-state index in [9.17, 15) is 0 Å². The van der Waals surface area contributed by atoms with E-state index in [2.05, 4.69) is 44.8 Å². The number of hydrogen-bond donors (Lipinski definition) is 1. The molecule has 5 heteroatoms. The molecule has 0 bridgehead atoms. The Morgan fingerprint density at radius 1 is 1.15 bits per heavy atom. The van der Waals surface area contributed by atoms with Gasteiger partial charge >= 0.3 is 0 Å². The van der Waals surface area contributed by atoms with Crippen molar-refractivity contribution in [3.05, 3.63) is 36.2 Å². The molecule has 0 spiro atoms. The highest BCUT2D eigenvalue weighted by Crippen LogP contribution is 2.28. The first kappa shape index (κ1) is 13.0. The topological polar surface area (TPSA) is 46.0 Å². The Morgan fingerprint density at radius 2 is 1.95 bits per heavy atom. The number of aromatic nitrogens is 3. The SMILES string of the molecule is Cn1cc(CNc2ccccc2N2CCCCC2)nn1. The first-order chi connectivity index (χ1) is 9.83. The molecule has 2 aromatic rings. The molecule has 0 amide bonds. The summed E-state index contributed by atoms with van der Waals surface area (Å²) in [5.41, 5.74) is 3.44. The second-order valence-corrected chi connectivity index (χ2v) is 5.30. The van der Waals surface area contributed by atoms with Crippen molar-refractivity contribution in [2.24, 2.45) is 7.05 Å². The molecule has 1 saturated heterocycles. The molecule has 1 aliphatic heterocycles. The van der Waals surface area contributed by atoms with Gasteiger partial charge in [-0.2, -0.15) is 0 Å². The number of para-hydroxylation sites is 2. The van der Waals surface area contributed by atoms with Gasteiger partial charge in [-0.25, -0.2) is 0 Å². The summed E-state index contributed by atoms with van der Waals surface area (Å²) in [4.78, 5) is 2.47. The van der Waals surface area contributed by atoms with Crippen molar-refractivity contribution in [1.29, 1.82) is 0 Å². The largest absolute Gasteiger partial charge is 0.378 e. The molecule has 20 heavy (non-hydrogen) atoms. The van der Waals surface area contributed by atoms with Gasteiger partial charge in [0.15, 0.2) is 0 Å². The molecule has 2 heterocycles. The number of hydrogen-bond acceptors (Lipinski definition) is 4. The lowest BCUT2D eigenvalue weighted by molar-refractivity contribution is 0.578. The minimum Gasteiger partial charge on any atom is -0.378 e. The predicted octanol–water partition coefficient (Wildman–Crippen LogP) is 2.42. The first-order valence-corrected chi connectivity index (χ1v) is 7.26. The summed E-state index contributed by atoms with van der Waals surface area (Å²) in [7, 11) is 1.89. The van der Waals surface area contributed by atoms with E-state index in [1.54, 1.807) is 4.68 Å². The van der Waals surface area contributed by atoms with E-state index in [1.807, 2.05) is 13.2 Å². The number of benzene rings is 1. The quantitative estimate of drug-likeness (QED) is 0.927. The van der Waals surface area contributed by atoms with E-state index < -0.39 is 0 Å². The zero-order chi connectivity index (χ0) is 13.8. The van der Waals surface area contributed by atoms with E-state index in [0.717, 1.165) is 18.8 Å². The molecule has 0 saturated carbocycles. The van der Waals surface area contributed by atoms with Gasteiger partial charge in [0.25, 0.3) is 0 Å². The first-order valence-electron chi connectivity index (χ1n) is 7.26. The molecular formula is C15H21N5. The molecule has 1 fully saturated rings. The molecule has 1 aromatic heterocycles. The van der Waals surface area contributed by atoms with E-state index in [4.69, 9.17) is 0 Å². The van der Waals surface area contributed by atoms with Gasteiger partial charge in [-0.3, -0.25) is 4.68 Å². The molecule has 3 rings (SSSR count). The van der Waals surface area contributed by atoms with Gasteiger partial charge in [-0.1, -0.05) is 17.3 Å². The summed E-state index contributed by atoms with van der Waals surface area (Å²) in [6, 6.07) is 8.52. The summed E-state index contributed by atoms with van der Waals surface area (Å²) >= 11 is 0. The number of anilines is 2. The second kappa shape index (κ2) is 5.94. The van der Waals surface area contributed by atoms with E-state index in [-0.39, 0.29) is 0 Å². The fraction of sp³-hybridized carbons (Fsp3) is 0.467. The Labute approximate surface area is 119 Å². The average Bonchev–Trinajstić information content (AvgIpc) is 2.92. The Balaban J connectivity index is 1.72.